The van der Waals surface area contributed by atoms with Gasteiger partial charge < -0.3 is 10.6 Å². The van der Waals surface area contributed by atoms with Crippen LogP contribution < -0.4 is 16.0 Å². The lowest BCUT2D eigenvalue weighted by Crippen LogP contribution is -2.39. The normalized spacial score (nSPS) is 30.3. The van der Waals surface area contributed by atoms with E-state index in [2.05, 4.69) is 22.0 Å². The maximum atomic E-state index is 12.4. The summed E-state index contributed by atoms with van der Waals surface area (Å²) >= 11 is 0. The quantitative estimate of drug-likeness (QED) is 0.707. The molecule has 4 unspecified atom stereocenters. The number of nitrogens with zero attached hydrogens (tertiary/aromatic N) is 2. The lowest BCUT2D eigenvalue weighted by molar-refractivity contribution is -0.134. The molecule has 1 aliphatic carbocycles. The smallest absolute Gasteiger partial charge is 0.235 e. The Kier molecular flexibility index (Phi) is 4.34. The maximum absolute atomic E-state index is 12.4. The van der Waals surface area contributed by atoms with E-state index in [-0.39, 0.29) is 17.7 Å². The summed E-state index contributed by atoms with van der Waals surface area (Å²) in [5.41, 5.74) is 2.89. The summed E-state index contributed by atoms with van der Waals surface area (Å²) in [5.74, 6) is 0.819. The number of aryl methyl sites for hydroxylation is 1. The summed E-state index contributed by atoms with van der Waals surface area (Å²) in [6.45, 7) is 2.31. The van der Waals surface area contributed by atoms with Crippen LogP contribution in [0.5, 0.6) is 0 Å². The van der Waals surface area contributed by atoms with E-state index in [1.54, 1.807) is 0 Å². The van der Waals surface area contributed by atoms with E-state index in [9.17, 15) is 9.59 Å². The topological polar surface area (TPSA) is 88.0 Å². The molecular weight excluding hydrogens is 354 g/mol. The third-order valence-corrected chi connectivity index (χ3v) is 6.78. The fourth-order valence-electron chi connectivity index (χ4n) is 5.34. The molecule has 2 amide bonds. The second-order valence-corrected chi connectivity index (χ2v) is 8.55. The van der Waals surface area contributed by atoms with Crippen LogP contribution in [0.2, 0.25) is 0 Å². The van der Waals surface area contributed by atoms with E-state index >= 15 is 0 Å². The number of imide groups is 1. The maximum Gasteiger partial charge on any atom is 0.235 e. The highest BCUT2D eigenvalue weighted by Crippen LogP contribution is 2.37. The molecular formula is C21H27N5O2. The molecule has 2 saturated heterocycles. The van der Waals surface area contributed by atoms with Gasteiger partial charge in [-0.3, -0.25) is 19.6 Å². The van der Waals surface area contributed by atoms with E-state index in [4.69, 9.17) is 5.10 Å². The first-order chi connectivity index (χ1) is 13.6. The number of nitrogens with one attached hydrogen (secondary N) is 3. The van der Waals surface area contributed by atoms with Gasteiger partial charge in [0.2, 0.25) is 11.8 Å². The Morgan fingerprint density at radius 1 is 1.14 bits per heavy atom. The van der Waals surface area contributed by atoms with E-state index in [1.165, 1.54) is 25.8 Å². The molecule has 3 N–H and O–H groups in total. The molecule has 0 radical (unpaired) electrons. The Bertz CT molecular complexity index is 936. The molecule has 0 bridgehead atoms. The van der Waals surface area contributed by atoms with Crippen LogP contribution in [0.3, 0.4) is 0 Å². The summed E-state index contributed by atoms with van der Waals surface area (Å²) in [4.78, 5) is 23.9. The standard InChI is InChI=1S/C21H27N5O2/c1-26-20-15(19(25-26)16-7-8-18(27)24-21(16)28)3-2-4-17(20)23-14-6-5-12-10-22-11-13(12)9-14/h2-4,12-14,16,22-23H,5-11H2,1H3,(H,24,27,28). The number of hydrogen-bond donors (Lipinski definition) is 3. The van der Waals surface area contributed by atoms with Gasteiger partial charge in [-0.15, -0.1) is 0 Å². The van der Waals surface area contributed by atoms with Gasteiger partial charge in [-0.05, 0) is 56.7 Å². The third kappa shape index (κ3) is 2.98. The average Bonchev–Trinajstić information content (AvgIpc) is 3.27. The highest BCUT2D eigenvalue weighted by molar-refractivity contribution is 6.03. The minimum Gasteiger partial charge on any atom is -0.381 e. The zero-order valence-electron chi connectivity index (χ0n) is 16.2. The molecule has 7 nitrogen and oxygen atoms in total. The number of para-hydroxylation sites is 1. The van der Waals surface area contributed by atoms with Gasteiger partial charge in [0.15, 0.2) is 0 Å². The van der Waals surface area contributed by atoms with Crippen LogP contribution in [0.25, 0.3) is 10.9 Å². The number of carbonyl (C=O) groups excluding carboxylic acids is 2. The molecule has 1 aromatic carbocycles. The highest BCUT2D eigenvalue weighted by atomic mass is 16.2. The van der Waals surface area contributed by atoms with Gasteiger partial charge in [-0.25, -0.2) is 0 Å². The van der Waals surface area contributed by atoms with Crippen LogP contribution in [0, 0.1) is 11.8 Å². The van der Waals surface area contributed by atoms with Gasteiger partial charge in [-0.2, -0.15) is 5.10 Å². The Morgan fingerprint density at radius 2 is 2.00 bits per heavy atom. The molecule has 7 heteroatoms. The molecule has 3 heterocycles. The van der Waals surface area contributed by atoms with Gasteiger partial charge in [0.05, 0.1) is 22.8 Å². The molecule has 5 rings (SSSR count). The van der Waals surface area contributed by atoms with E-state index < -0.39 is 0 Å². The van der Waals surface area contributed by atoms with Crippen molar-refractivity contribution in [3.63, 3.8) is 0 Å². The zero-order valence-corrected chi connectivity index (χ0v) is 16.2. The van der Waals surface area contributed by atoms with Crippen molar-refractivity contribution in [2.75, 3.05) is 18.4 Å². The van der Waals surface area contributed by atoms with Crippen LogP contribution in [0.1, 0.15) is 43.7 Å². The Morgan fingerprint density at radius 3 is 2.86 bits per heavy atom. The minimum atomic E-state index is -0.364. The Hall–Kier alpha value is -2.41. The second kappa shape index (κ2) is 6.88. The number of anilines is 1. The molecule has 3 aliphatic rings. The Balaban J connectivity index is 1.44. The Labute approximate surface area is 164 Å². The first kappa shape index (κ1) is 17.7. The lowest BCUT2D eigenvalue weighted by atomic mass is 9.79. The molecule has 1 aromatic heterocycles. The van der Waals surface area contributed by atoms with Crippen molar-refractivity contribution in [1.29, 1.82) is 0 Å². The predicted molar refractivity (Wildman–Crippen MR) is 107 cm³/mol. The van der Waals surface area contributed by atoms with Gasteiger partial charge in [0, 0.05) is 24.9 Å². The number of rotatable bonds is 3. The molecule has 148 valence electrons. The average molecular weight is 381 g/mol. The van der Waals surface area contributed by atoms with E-state index in [0.717, 1.165) is 40.7 Å². The summed E-state index contributed by atoms with van der Waals surface area (Å²) < 4.78 is 1.87. The fraction of sp³-hybridized carbons (Fsp3) is 0.571. The molecule has 2 aromatic rings. The third-order valence-electron chi connectivity index (χ3n) is 6.78. The van der Waals surface area contributed by atoms with Crippen molar-refractivity contribution in [2.24, 2.45) is 18.9 Å². The summed E-state index contributed by atoms with van der Waals surface area (Å²) in [6.07, 6.45) is 4.55. The second-order valence-electron chi connectivity index (χ2n) is 8.55. The monoisotopic (exact) mass is 381 g/mol. The predicted octanol–water partition coefficient (Wildman–Crippen LogP) is 1.89. The molecule has 28 heavy (non-hydrogen) atoms. The van der Waals surface area contributed by atoms with Crippen LogP contribution >= 0.6 is 0 Å². The van der Waals surface area contributed by atoms with Crippen molar-refractivity contribution in [3.8, 4) is 0 Å². The highest BCUT2D eigenvalue weighted by Gasteiger charge is 2.35. The van der Waals surface area contributed by atoms with Crippen molar-refractivity contribution < 1.29 is 9.59 Å². The number of carbonyl (C=O) groups is 2. The summed E-state index contributed by atoms with van der Waals surface area (Å²) in [6, 6.07) is 6.65. The minimum absolute atomic E-state index is 0.194. The van der Waals surface area contributed by atoms with Crippen LogP contribution in [-0.4, -0.2) is 40.7 Å². The number of aromatic nitrogens is 2. The van der Waals surface area contributed by atoms with Crippen molar-refractivity contribution in [1.82, 2.24) is 20.4 Å². The molecule has 2 aliphatic heterocycles. The van der Waals surface area contributed by atoms with E-state index in [0.29, 0.717) is 18.9 Å². The largest absolute Gasteiger partial charge is 0.381 e. The van der Waals surface area contributed by atoms with Gasteiger partial charge in [-0.1, -0.05) is 12.1 Å². The summed E-state index contributed by atoms with van der Waals surface area (Å²) in [7, 11) is 1.93. The van der Waals surface area contributed by atoms with Crippen molar-refractivity contribution in [2.45, 2.75) is 44.1 Å². The molecule has 4 atom stereocenters. The lowest BCUT2D eigenvalue weighted by Gasteiger charge is -2.32. The number of piperidine rings is 1. The van der Waals surface area contributed by atoms with Gasteiger partial charge in [0.1, 0.15) is 0 Å². The van der Waals surface area contributed by atoms with Crippen LogP contribution in [-0.2, 0) is 16.6 Å². The molecule has 0 spiro atoms. The molecule has 3 fully saturated rings. The zero-order chi connectivity index (χ0) is 19.3. The number of benzene rings is 1. The van der Waals surface area contributed by atoms with Crippen molar-refractivity contribution >= 4 is 28.4 Å². The molecule has 1 saturated carbocycles. The number of fused-ring (bicyclic) bond motifs is 2. The van der Waals surface area contributed by atoms with Crippen molar-refractivity contribution in [3.05, 3.63) is 23.9 Å². The fourth-order valence-corrected chi connectivity index (χ4v) is 5.34. The number of hydrogen-bond acceptors (Lipinski definition) is 5. The number of amides is 2. The first-order valence-electron chi connectivity index (χ1n) is 10.4. The first-order valence-corrected chi connectivity index (χ1v) is 10.4. The van der Waals surface area contributed by atoms with Crippen LogP contribution in [0.4, 0.5) is 5.69 Å². The van der Waals surface area contributed by atoms with Gasteiger partial charge in [0.25, 0.3) is 0 Å². The summed E-state index contributed by atoms with van der Waals surface area (Å²) in [5, 5.41) is 15.4. The van der Waals surface area contributed by atoms with E-state index in [1.807, 2.05) is 23.9 Å². The van der Waals surface area contributed by atoms with Gasteiger partial charge >= 0.3 is 0 Å². The SMILES string of the molecule is Cn1nc(C2CCC(=O)NC2=O)c2cccc(NC3CCC4CNCC4C3)c21. The van der Waals surface area contributed by atoms with Crippen LogP contribution in [0.15, 0.2) is 18.2 Å².